The highest BCUT2D eigenvalue weighted by Crippen LogP contribution is 2.35. The zero-order chi connectivity index (χ0) is 22.0. The molecule has 30 heavy (non-hydrogen) atoms. The van der Waals surface area contributed by atoms with Gasteiger partial charge in [-0.3, -0.25) is 29.4 Å². The van der Waals surface area contributed by atoms with E-state index >= 15 is 0 Å². The number of imide groups is 1. The predicted molar refractivity (Wildman–Crippen MR) is 110 cm³/mol. The van der Waals surface area contributed by atoms with E-state index in [0.717, 1.165) is 16.7 Å². The third kappa shape index (κ3) is 4.28. The van der Waals surface area contributed by atoms with Gasteiger partial charge < -0.3 is 9.52 Å². The molecule has 2 heterocycles. The number of hydrogen-bond acceptors (Lipinski definition) is 7. The predicted octanol–water partition coefficient (Wildman–Crippen LogP) is 4.37. The van der Waals surface area contributed by atoms with Gasteiger partial charge in [0.1, 0.15) is 11.5 Å². The van der Waals surface area contributed by atoms with Crippen LogP contribution in [0.2, 0.25) is 0 Å². The van der Waals surface area contributed by atoms with Crippen LogP contribution in [0.25, 0.3) is 17.4 Å². The Labute approximate surface area is 175 Å². The van der Waals surface area contributed by atoms with Crippen molar-refractivity contribution in [3.8, 4) is 11.3 Å². The zero-order valence-electron chi connectivity index (χ0n) is 16.2. The molecule has 0 bridgehead atoms. The van der Waals surface area contributed by atoms with Gasteiger partial charge in [-0.1, -0.05) is 0 Å². The van der Waals surface area contributed by atoms with Gasteiger partial charge >= 0.3 is 5.97 Å². The summed E-state index contributed by atoms with van der Waals surface area (Å²) in [4.78, 5) is 46.9. The molecule has 10 heteroatoms. The monoisotopic (exact) mass is 430 g/mol. The van der Waals surface area contributed by atoms with Gasteiger partial charge in [0.2, 0.25) is 0 Å². The highest BCUT2D eigenvalue weighted by Gasteiger charge is 2.35. The number of amides is 2. The normalized spacial score (nSPS) is 15.3. The smallest absolute Gasteiger partial charge is 0.303 e. The molecule has 2 aromatic rings. The number of nitrogens with zero attached hydrogens (tertiary/aromatic N) is 2. The number of thioether (sulfide) groups is 1. The van der Waals surface area contributed by atoms with Gasteiger partial charge in [0.15, 0.2) is 0 Å². The van der Waals surface area contributed by atoms with Gasteiger partial charge in [-0.2, -0.15) is 0 Å². The van der Waals surface area contributed by atoms with Crippen LogP contribution in [0.1, 0.15) is 29.7 Å². The summed E-state index contributed by atoms with van der Waals surface area (Å²) in [7, 11) is 0. The van der Waals surface area contributed by atoms with Gasteiger partial charge in [0.25, 0.3) is 16.8 Å². The van der Waals surface area contributed by atoms with Crippen molar-refractivity contribution in [1.29, 1.82) is 0 Å². The van der Waals surface area contributed by atoms with E-state index in [-0.39, 0.29) is 30.0 Å². The molecular formula is C20H18N2O7S. The molecular weight excluding hydrogens is 412 g/mol. The Hall–Kier alpha value is -3.40. The van der Waals surface area contributed by atoms with Crippen LogP contribution >= 0.6 is 11.8 Å². The first-order chi connectivity index (χ1) is 14.2. The number of nitro benzene ring substituents is 1. The lowest BCUT2D eigenvalue weighted by Gasteiger charge is -2.10. The number of carbonyl (C=O) groups excluding carboxylic acids is 2. The maximum atomic E-state index is 12.4. The van der Waals surface area contributed by atoms with E-state index < -0.39 is 22.0 Å². The summed E-state index contributed by atoms with van der Waals surface area (Å²) in [6.07, 6.45) is 1.51. The molecule has 1 aliphatic rings. The second-order valence-electron chi connectivity index (χ2n) is 6.67. The fourth-order valence-electron chi connectivity index (χ4n) is 3.06. The first kappa shape index (κ1) is 21.3. The van der Waals surface area contributed by atoms with Crippen molar-refractivity contribution in [3.05, 3.63) is 56.2 Å². The maximum Gasteiger partial charge on any atom is 0.303 e. The number of aliphatic carboxylic acids is 1. The SMILES string of the molecule is Cc1c(-c2ccc(/C=C3/SC(=O)N(CCCC(=O)O)C3=O)o2)ccc([N+](=O)[O-])c1C. The second-order valence-corrected chi connectivity index (χ2v) is 7.67. The van der Waals surface area contributed by atoms with Crippen LogP contribution in [0.4, 0.5) is 10.5 Å². The lowest BCUT2D eigenvalue weighted by molar-refractivity contribution is -0.385. The van der Waals surface area contributed by atoms with Crippen LogP contribution in [0, 0.1) is 24.0 Å². The zero-order valence-corrected chi connectivity index (χ0v) is 17.0. The highest BCUT2D eigenvalue weighted by molar-refractivity contribution is 8.18. The minimum absolute atomic E-state index is 0.0274. The summed E-state index contributed by atoms with van der Waals surface area (Å²) in [6, 6.07) is 6.36. The maximum absolute atomic E-state index is 12.4. The fourth-order valence-corrected chi connectivity index (χ4v) is 3.90. The Kier molecular flexibility index (Phi) is 6.06. The topological polar surface area (TPSA) is 131 Å². The van der Waals surface area contributed by atoms with E-state index in [1.54, 1.807) is 32.0 Å². The molecule has 0 radical (unpaired) electrons. The molecule has 0 unspecified atom stereocenters. The van der Waals surface area contributed by atoms with E-state index in [9.17, 15) is 24.5 Å². The van der Waals surface area contributed by atoms with E-state index in [2.05, 4.69) is 0 Å². The molecule has 156 valence electrons. The first-order valence-corrected chi connectivity index (χ1v) is 9.82. The molecule has 0 atom stereocenters. The molecule has 2 amide bonds. The first-order valence-electron chi connectivity index (χ1n) is 9.01. The lowest BCUT2D eigenvalue weighted by Crippen LogP contribution is -2.29. The molecule has 1 aliphatic heterocycles. The van der Waals surface area contributed by atoms with Crippen LogP contribution in [0.15, 0.2) is 33.6 Å². The number of carboxylic acid groups (broad SMARTS) is 1. The molecule has 1 saturated heterocycles. The Balaban J connectivity index is 1.80. The third-order valence-electron chi connectivity index (χ3n) is 4.77. The Morgan fingerprint density at radius 3 is 2.63 bits per heavy atom. The van der Waals surface area contributed by atoms with Crippen molar-refractivity contribution in [1.82, 2.24) is 4.90 Å². The summed E-state index contributed by atoms with van der Waals surface area (Å²) in [6.45, 7) is 3.47. The van der Waals surface area contributed by atoms with Gasteiger partial charge in [-0.15, -0.1) is 0 Å². The van der Waals surface area contributed by atoms with Crippen molar-refractivity contribution >= 4 is 40.6 Å². The van der Waals surface area contributed by atoms with Crippen LogP contribution in [0.5, 0.6) is 0 Å². The Morgan fingerprint density at radius 1 is 1.23 bits per heavy atom. The van der Waals surface area contributed by atoms with Gasteiger partial charge in [-0.25, -0.2) is 0 Å². The van der Waals surface area contributed by atoms with Crippen molar-refractivity contribution in [2.45, 2.75) is 26.7 Å². The molecule has 0 saturated carbocycles. The van der Waals surface area contributed by atoms with Crippen molar-refractivity contribution in [2.75, 3.05) is 6.54 Å². The summed E-state index contributed by atoms with van der Waals surface area (Å²) in [5.41, 5.74) is 1.97. The van der Waals surface area contributed by atoms with Gasteiger partial charge in [-0.05, 0) is 55.8 Å². The number of rotatable bonds is 7. The van der Waals surface area contributed by atoms with E-state index in [0.29, 0.717) is 28.2 Å². The quantitative estimate of drug-likeness (QED) is 0.389. The lowest BCUT2D eigenvalue weighted by atomic mass is 10.00. The summed E-state index contributed by atoms with van der Waals surface area (Å²) in [5, 5.41) is 19.3. The molecule has 0 spiro atoms. The number of hydrogen-bond donors (Lipinski definition) is 1. The second kappa shape index (κ2) is 8.54. The largest absolute Gasteiger partial charge is 0.481 e. The van der Waals surface area contributed by atoms with Crippen LogP contribution in [0.3, 0.4) is 0 Å². The van der Waals surface area contributed by atoms with Crippen LogP contribution < -0.4 is 0 Å². The average Bonchev–Trinajstić information content (AvgIpc) is 3.23. The average molecular weight is 430 g/mol. The Bertz CT molecular complexity index is 1090. The molecule has 1 aromatic carbocycles. The number of carbonyl (C=O) groups is 3. The third-order valence-corrected chi connectivity index (χ3v) is 5.67. The molecule has 0 aliphatic carbocycles. The van der Waals surface area contributed by atoms with Gasteiger partial charge in [0, 0.05) is 36.2 Å². The number of furan rings is 1. The van der Waals surface area contributed by atoms with Crippen molar-refractivity contribution in [3.63, 3.8) is 0 Å². The van der Waals surface area contributed by atoms with Crippen LogP contribution in [-0.4, -0.2) is 38.6 Å². The van der Waals surface area contributed by atoms with Crippen LogP contribution in [-0.2, 0) is 9.59 Å². The minimum atomic E-state index is -0.989. The van der Waals surface area contributed by atoms with E-state index in [1.807, 2.05) is 0 Å². The number of carboxylic acids is 1. The molecule has 1 aromatic heterocycles. The standard InChI is InChI=1S/C20H18N2O7S/c1-11-12(2)15(22(27)28)7-6-14(11)16-8-5-13(29-16)10-17-19(25)21(20(26)30-17)9-3-4-18(23)24/h5-8,10H,3-4,9H2,1-2H3,(H,23,24)/b17-10+. The van der Waals surface area contributed by atoms with Crippen molar-refractivity contribution < 1.29 is 28.8 Å². The fraction of sp³-hybridized carbons (Fsp3) is 0.250. The summed E-state index contributed by atoms with van der Waals surface area (Å²) < 4.78 is 5.78. The van der Waals surface area contributed by atoms with E-state index in [1.165, 1.54) is 12.1 Å². The minimum Gasteiger partial charge on any atom is -0.481 e. The number of nitro groups is 1. The molecule has 1 N–H and O–H groups in total. The molecule has 1 fully saturated rings. The van der Waals surface area contributed by atoms with Crippen molar-refractivity contribution in [2.24, 2.45) is 0 Å². The molecule has 3 rings (SSSR count). The number of benzene rings is 1. The summed E-state index contributed by atoms with van der Waals surface area (Å²) >= 11 is 0.767. The molecule has 9 nitrogen and oxygen atoms in total. The highest BCUT2D eigenvalue weighted by atomic mass is 32.2. The Morgan fingerprint density at radius 2 is 1.97 bits per heavy atom. The van der Waals surface area contributed by atoms with Gasteiger partial charge in [0.05, 0.1) is 9.83 Å². The van der Waals surface area contributed by atoms with E-state index in [4.69, 9.17) is 9.52 Å². The summed E-state index contributed by atoms with van der Waals surface area (Å²) in [5.74, 6) is -0.637.